The van der Waals surface area contributed by atoms with Crippen molar-refractivity contribution >= 4 is 10.0 Å². The molecule has 0 spiro atoms. The number of methoxy groups -OCH3 is 1. The van der Waals surface area contributed by atoms with Gasteiger partial charge in [0.05, 0.1) is 29.3 Å². The third kappa shape index (κ3) is 6.94. The van der Waals surface area contributed by atoms with Crippen molar-refractivity contribution in [1.29, 1.82) is 0 Å². The monoisotopic (exact) mass is 658 g/mol. The van der Waals surface area contributed by atoms with Gasteiger partial charge >= 0.3 is 0 Å². The average molecular weight is 659 g/mol. The van der Waals surface area contributed by atoms with Gasteiger partial charge in [-0.25, -0.2) is 31.3 Å². The average Bonchev–Trinajstić information content (AvgIpc) is 3.66. The van der Waals surface area contributed by atoms with E-state index in [2.05, 4.69) is 20.3 Å². The molecule has 3 aromatic rings. The quantitative estimate of drug-likeness (QED) is 0.288. The summed E-state index contributed by atoms with van der Waals surface area (Å²) in [6.45, 7) is 5.36. The van der Waals surface area contributed by atoms with Crippen molar-refractivity contribution in [2.45, 2.75) is 81.2 Å². The molecular weight excluding hydrogens is 621 g/mol. The van der Waals surface area contributed by atoms with Crippen LogP contribution in [0.25, 0.3) is 11.3 Å². The molecule has 2 fully saturated rings. The van der Waals surface area contributed by atoms with Crippen molar-refractivity contribution < 1.29 is 45.8 Å². The Labute approximate surface area is 258 Å². The third-order valence-corrected chi connectivity index (χ3v) is 10.4. The van der Waals surface area contributed by atoms with Crippen LogP contribution < -0.4 is 4.83 Å². The topological polar surface area (TPSA) is 165 Å². The number of ether oxygens (including phenoxy) is 2. The first kappa shape index (κ1) is 33.4. The number of hydrazine groups is 1. The zero-order chi connectivity index (χ0) is 32.7. The van der Waals surface area contributed by atoms with E-state index in [4.69, 9.17) is 14.0 Å². The number of hydrogen-bond donors (Lipinski definition) is 3. The second kappa shape index (κ2) is 13.1. The van der Waals surface area contributed by atoms with Crippen molar-refractivity contribution in [1.82, 2.24) is 30.0 Å². The largest absolute Gasteiger partial charge is 0.394 e. The van der Waals surface area contributed by atoms with Crippen LogP contribution in [0, 0.1) is 17.5 Å². The molecule has 2 aromatic heterocycles. The van der Waals surface area contributed by atoms with Gasteiger partial charge in [-0.15, -0.1) is 9.93 Å². The van der Waals surface area contributed by atoms with E-state index in [0.29, 0.717) is 37.4 Å². The third-order valence-electron chi connectivity index (χ3n) is 8.27. The molecule has 5 rings (SSSR count). The predicted octanol–water partition coefficient (Wildman–Crippen LogP) is 2.08. The molecule has 0 amide bonds. The van der Waals surface area contributed by atoms with Gasteiger partial charge in [-0.3, -0.25) is 0 Å². The number of aliphatic hydroxyl groups is 2. The Morgan fingerprint density at radius 1 is 1.11 bits per heavy atom. The summed E-state index contributed by atoms with van der Waals surface area (Å²) in [5.74, 6) is -3.72. The first-order valence-corrected chi connectivity index (χ1v) is 16.0. The Morgan fingerprint density at radius 2 is 1.78 bits per heavy atom. The molecule has 2 saturated heterocycles. The Kier molecular flexibility index (Phi) is 9.70. The maximum absolute atomic E-state index is 13.8. The summed E-state index contributed by atoms with van der Waals surface area (Å²) >= 11 is 0. The molecule has 0 bridgehead atoms. The summed E-state index contributed by atoms with van der Waals surface area (Å²) in [5, 5.41) is 34.9. The van der Waals surface area contributed by atoms with Crippen molar-refractivity contribution in [3.8, 4) is 11.3 Å². The minimum Gasteiger partial charge on any atom is -0.394 e. The summed E-state index contributed by atoms with van der Waals surface area (Å²) in [4.78, 5) is 2.65. The maximum atomic E-state index is 13.8. The lowest BCUT2D eigenvalue weighted by atomic mass is 9.90. The highest BCUT2D eigenvalue weighted by atomic mass is 32.2. The first-order chi connectivity index (χ1) is 21.2. The van der Waals surface area contributed by atoms with Gasteiger partial charge in [0.1, 0.15) is 35.8 Å². The number of halogens is 3. The van der Waals surface area contributed by atoms with Crippen LogP contribution in [0.4, 0.5) is 13.2 Å². The van der Waals surface area contributed by atoms with E-state index in [1.165, 1.54) is 18.0 Å². The zero-order valence-corrected chi connectivity index (χ0v) is 26.0. The van der Waals surface area contributed by atoms with Gasteiger partial charge in [0, 0.05) is 44.2 Å². The summed E-state index contributed by atoms with van der Waals surface area (Å²) < 4.78 is 83.9. The van der Waals surface area contributed by atoms with Crippen molar-refractivity contribution in [3.05, 3.63) is 53.3 Å². The van der Waals surface area contributed by atoms with E-state index in [1.807, 2.05) is 0 Å². The molecule has 3 N–H and O–H groups in total. The lowest BCUT2D eigenvalue weighted by Gasteiger charge is -2.43. The molecule has 4 heterocycles. The second-order valence-electron chi connectivity index (χ2n) is 12.3. The highest BCUT2D eigenvalue weighted by molar-refractivity contribution is 7.90. The lowest BCUT2D eigenvalue weighted by molar-refractivity contribution is -0.212. The zero-order valence-electron chi connectivity index (χ0n) is 25.2. The van der Waals surface area contributed by atoms with Crippen LogP contribution in [0.15, 0.2) is 28.9 Å². The molecule has 1 aromatic carbocycles. The van der Waals surface area contributed by atoms with E-state index < -0.39 is 69.3 Å². The SMILES string of the molecule is CO[C@@H]1[C@@H](n2cc(-c3cc(F)c(F)c(F)c3)nn2)[C@@H](O)[C@@H](CO)O[C@@H]1Cc1cc(C2CCN(NS(=O)(=O)C(C)(C)C)CC2)on1. The molecule has 248 valence electrons. The predicted molar refractivity (Wildman–Crippen MR) is 152 cm³/mol. The van der Waals surface area contributed by atoms with Crippen molar-refractivity contribution in [3.63, 3.8) is 0 Å². The van der Waals surface area contributed by atoms with Crippen LogP contribution in [-0.4, -0.2) is 99.8 Å². The second-order valence-corrected chi connectivity index (χ2v) is 14.7. The minimum absolute atomic E-state index is 0.0154. The molecule has 0 radical (unpaired) electrons. The highest BCUT2D eigenvalue weighted by Crippen LogP contribution is 2.35. The Morgan fingerprint density at radius 3 is 2.38 bits per heavy atom. The fraction of sp³-hybridized carbons (Fsp3) is 0.607. The van der Waals surface area contributed by atoms with Gasteiger partial charge < -0.3 is 24.2 Å². The molecule has 0 saturated carbocycles. The van der Waals surface area contributed by atoms with Crippen LogP contribution in [0.1, 0.15) is 57.0 Å². The van der Waals surface area contributed by atoms with Gasteiger partial charge in [0.2, 0.25) is 10.0 Å². The van der Waals surface area contributed by atoms with Gasteiger partial charge in [0.15, 0.2) is 17.5 Å². The van der Waals surface area contributed by atoms with Gasteiger partial charge in [0.25, 0.3) is 0 Å². The number of rotatable bonds is 9. The smallest absolute Gasteiger partial charge is 0.229 e. The Bertz CT molecular complexity index is 1570. The summed E-state index contributed by atoms with van der Waals surface area (Å²) in [6, 6.07) is 2.44. The van der Waals surface area contributed by atoms with E-state index in [0.717, 1.165) is 12.1 Å². The Balaban J connectivity index is 1.29. The number of aromatic nitrogens is 4. The fourth-order valence-electron chi connectivity index (χ4n) is 5.57. The first-order valence-electron chi connectivity index (χ1n) is 14.5. The minimum atomic E-state index is -3.53. The molecule has 0 unspecified atom stereocenters. The van der Waals surface area contributed by atoms with Crippen molar-refractivity contribution in [2.75, 3.05) is 26.8 Å². The standard InChI is InChI=1S/C28H37F3N6O7S/c1-28(2,3)45(40,41)35-36-7-5-15(6-8-36)21-11-17(33-44-21)12-22-27(42-4)25(26(39)23(14-38)43-22)37-13-20(32-34-37)16-9-18(29)24(31)19(30)10-16/h9-11,13,15,22-23,25-27,35,38-39H,5-8,12,14H2,1-4H3/t22-,23-,25+,26+,27+/m1/s1. The highest BCUT2D eigenvalue weighted by Gasteiger charge is 2.47. The maximum Gasteiger partial charge on any atom is 0.229 e. The fourth-order valence-corrected chi connectivity index (χ4v) is 6.37. The molecule has 45 heavy (non-hydrogen) atoms. The molecule has 0 aliphatic carbocycles. The van der Waals surface area contributed by atoms with Crippen molar-refractivity contribution in [2.24, 2.45) is 0 Å². The molecule has 2 aliphatic heterocycles. The molecule has 5 atom stereocenters. The van der Waals surface area contributed by atoms with Crippen LogP contribution >= 0.6 is 0 Å². The number of nitrogens with one attached hydrogen (secondary N) is 1. The van der Waals surface area contributed by atoms with Gasteiger partial charge in [-0.2, -0.15) is 0 Å². The number of sulfonamides is 1. The molecule has 13 nitrogen and oxygen atoms in total. The van der Waals surface area contributed by atoms with Crippen LogP contribution in [0.3, 0.4) is 0 Å². The normalized spacial score (nSPS) is 25.6. The van der Waals surface area contributed by atoms with Crippen LogP contribution in [-0.2, 0) is 25.9 Å². The molecule has 17 heteroatoms. The van der Waals surface area contributed by atoms with E-state index in [9.17, 15) is 31.8 Å². The number of hydrogen-bond acceptors (Lipinski definition) is 11. The molecule has 2 aliphatic rings. The lowest BCUT2D eigenvalue weighted by Crippen LogP contribution is -2.57. The number of piperidine rings is 1. The van der Waals surface area contributed by atoms with Crippen LogP contribution in [0.2, 0.25) is 0 Å². The van der Waals surface area contributed by atoms with Gasteiger partial charge in [-0.1, -0.05) is 10.4 Å². The molecular formula is C28H37F3N6O7S. The summed E-state index contributed by atoms with van der Waals surface area (Å²) in [6.07, 6.45) is -1.11. The van der Waals surface area contributed by atoms with Gasteiger partial charge in [-0.05, 0) is 45.7 Å². The number of benzene rings is 1. The van der Waals surface area contributed by atoms with E-state index in [1.54, 1.807) is 31.8 Å². The summed E-state index contributed by atoms with van der Waals surface area (Å²) in [7, 11) is -2.11. The summed E-state index contributed by atoms with van der Waals surface area (Å²) in [5.41, 5.74) is 0.504. The number of aliphatic hydroxyl groups excluding tert-OH is 2. The van der Waals surface area contributed by atoms with E-state index >= 15 is 0 Å². The Hall–Kier alpha value is -2.93. The number of nitrogens with zero attached hydrogens (tertiary/aromatic N) is 5. The van der Waals surface area contributed by atoms with E-state index in [-0.39, 0.29) is 23.6 Å². The van der Waals surface area contributed by atoms with Crippen LogP contribution in [0.5, 0.6) is 0 Å².